The molecule has 0 saturated carbocycles. The minimum absolute atomic E-state index is 0.0105. The first kappa shape index (κ1) is 29.3. The highest BCUT2D eigenvalue weighted by molar-refractivity contribution is 7.90. The molecule has 44 heavy (non-hydrogen) atoms. The van der Waals surface area contributed by atoms with Gasteiger partial charge in [-0.2, -0.15) is 5.10 Å². The fourth-order valence-corrected chi connectivity index (χ4v) is 7.76. The summed E-state index contributed by atoms with van der Waals surface area (Å²) in [5, 5.41) is 4.89. The fraction of sp³-hybridized carbons (Fsp3) is 0.457. The highest BCUT2D eigenvalue weighted by Gasteiger charge is 2.50. The Morgan fingerprint density at radius 2 is 1.80 bits per heavy atom. The van der Waals surface area contributed by atoms with Crippen LogP contribution in [-0.4, -0.2) is 48.7 Å². The molecule has 1 N–H and O–H groups in total. The first-order chi connectivity index (χ1) is 21.3. The van der Waals surface area contributed by atoms with Gasteiger partial charge in [0.15, 0.2) is 17.6 Å². The number of hydrogen-bond acceptors (Lipinski definition) is 7. The Labute approximate surface area is 262 Å². The third-order valence-corrected chi connectivity index (χ3v) is 10.9. The fourth-order valence-electron chi connectivity index (χ4n) is 6.81. The van der Waals surface area contributed by atoms with Crippen LogP contribution in [0.4, 0.5) is 5.82 Å². The Morgan fingerprint density at radius 1 is 1.02 bits per heavy atom. The smallest absolute Gasteiger partial charge is 0.182 e. The Bertz CT molecular complexity index is 1690. The van der Waals surface area contributed by atoms with E-state index >= 15 is 0 Å². The van der Waals surface area contributed by atoms with Crippen LogP contribution >= 0.6 is 0 Å². The highest BCUT2D eigenvalue weighted by Crippen LogP contribution is 2.52. The van der Waals surface area contributed by atoms with Crippen molar-refractivity contribution in [3.63, 3.8) is 0 Å². The van der Waals surface area contributed by atoms with Gasteiger partial charge in [0.25, 0.3) is 0 Å². The summed E-state index contributed by atoms with van der Waals surface area (Å²) in [5.41, 5.74) is 5.66. The molecule has 2 fully saturated rings. The Morgan fingerprint density at radius 3 is 2.55 bits per heavy atom. The van der Waals surface area contributed by atoms with E-state index in [1.54, 1.807) is 0 Å². The van der Waals surface area contributed by atoms with Crippen molar-refractivity contribution < 1.29 is 9.29 Å². The lowest BCUT2D eigenvalue weighted by molar-refractivity contribution is -0.0370. The van der Waals surface area contributed by atoms with E-state index < -0.39 is 11.4 Å². The molecule has 0 amide bonds. The van der Waals surface area contributed by atoms with Crippen LogP contribution in [0.15, 0.2) is 60.8 Å². The number of aromatic nitrogens is 4. The minimum Gasteiger partial charge on any atom is -0.598 e. The number of rotatable bonds is 4. The number of nitrogens with one attached hydrogen (secondary N) is 1. The van der Waals surface area contributed by atoms with Gasteiger partial charge in [0.05, 0.1) is 12.2 Å². The average molecular weight is 609 g/mol. The van der Waals surface area contributed by atoms with Crippen molar-refractivity contribution in [1.29, 1.82) is 0 Å². The second kappa shape index (κ2) is 11.8. The van der Waals surface area contributed by atoms with E-state index in [0.717, 1.165) is 75.2 Å². The number of benzene rings is 2. The van der Waals surface area contributed by atoms with Crippen LogP contribution < -0.4 is 9.62 Å². The lowest BCUT2D eigenvalue weighted by Gasteiger charge is -2.44. The summed E-state index contributed by atoms with van der Waals surface area (Å²) in [4.78, 5) is 12.4. The summed E-state index contributed by atoms with van der Waals surface area (Å²) in [6.07, 6.45) is 7.69. The van der Waals surface area contributed by atoms with Gasteiger partial charge in [0.1, 0.15) is 16.1 Å². The molecule has 3 aliphatic rings. The normalized spacial score (nSPS) is 22.0. The molecule has 4 aromatic rings. The van der Waals surface area contributed by atoms with Gasteiger partial charge in [-0.3, -0.25) is 0 Å². The van der Waals surface area contributed by atoms with Crippen LogP contribution in [-0.2, 0) is 22.5 Å². The Hall–Kier alpha value is -3.42. The van der Waals surface area contributed by atoms with Gasteiger partial charge >= 0.3 is 0 Å². The molecule has 3 atom stereocenters. The number of fused-ring (bicyclic) bond motifs is 2. The van der Waals surface area contributed by atoms with Gasteiger partial charge < -0.3 is 14.2 Å². The van der Waals surface area contributed by atoms with Gasteiger partial charge in [-0.25, -0.2) is 14.6 Å². The monoisotopic (exact) mass is 608 g/mol. The summed E-state index contributed by atoms with van der Waals surface area (Å²) < 4.78 is 24.6. The summed E-state index contributed by atoms with van der Waals surface area (Å²) in [6.45, 7) is 8.51. The van der Waals surface area contributed by atoms with Crippen LogP contribution in [0, 0.1) is 17.3 Å². The average Bonchev–Trinajstić information content (AvgIpc) is 3.55. The molecule has 1 spiro atoms. The molecule has 0 unspecified atom stereocenters. The lowest BCUT2D eigenvalue weighted by Crippen LogP contribution is -2.49. The van der Waals surface area contributed by atoms with Gasteiger partial charge in [-0.15, -0.1) is 4.72 Å². The van der Waals surface area contributed by atoms with Crippen LogP contribution in [0.2, 0.25) is 0 Å². The maximum Gasteiger partial charge on any atom is 0.182 e. The molecule has 4 heterocycles. The van der Waals surface area contributed by atoms with E-state index in [9.17, 15) is 4.55 Å². The van der Waals surface area contributed by atoms with Gasteiger partial charge in [-0.05, 0) is 88.5 Å². The predicted molar refractivity (Wildman–Crippen MR) is 174 cm³/mol. The van der Waals surface area contributed by atoms with Crippen molar-refractivity contribution in [2.24, 2.45) is 5.41 Å². The van der Waals surface area contributed by atoms with E-state index in [4.69, 9.17) is 19.8 Å². The van der Waals surface area contributed by atoms with Crippen LogP contribution in [0.25, 0.3) is 11.2 Å². The van der Waals surface area contributed by atoms with E-state index in [0.29, 0.717) is 11.2 Å². The maximum absolute atomic E-state index is 13.3. The van der Waals surface area contributed by atoms with Crippen molar-refractivity contribution in [2.45, 2.75) is 76.3 Å². The minimum atomic E-state index is -1.16. The maximum atomic E-state index is 13.3. The van der Waals surface area contributed by atoms with Gasteiger partial charge in [-0.1, -0.05) is 48.4 Å². The molecule has 8 nitrogen and oxygen atoms in total. The number of anilines is 1. The number of ether oxygens (including phenoxy) is 1. The largest absolute Gasteiger partial charge is 0.598 e. The molecule has 1 aliphatic carbocycles. The highest BCUT2D eigenvalue weighted by atomic mass is 32.2. The van der Waals surface area contributed by atoms with Crippen LogP contribution in [0.1, 0.15) is 87.5 Å². The molecule has 7 rings (SSSR count). The first-order valence-corrected chi connectivity index (χ1v) is 16.9. The third-order valence-electron chi connectivity index (χ3n) is 9.30. The van der Waals surface area contributed by atoms with E-state index in [1.807, 2.05) is 62.0 Å². The molecule has 0 bridgehead atoms. The molecule has 2 saturated heterocycles. The van der Waals surface area contributed by atoms with E-state index in [-0.39, 0.29) is 22.4 Å². The van der Waals surface area contributed by atoms with Crippen LogP contribution in [0.3, 0.4) is 0 Å². The molecule has 0 radical (unpaired) electrons. The molecule has 9 heteroatoms. The van der Waals surface area contributed by atoms with Crippen molar-refractivity contribution in [3.8, 4) is 11.8 Å². The molecule has 228 valence electrons. The second-order valence-electron chi connectivity index (χ2n) is 13.3. The van der Waals surface area contributed by atoms with Gasteiger partial charge in [0.2, 0.25) is 0 Å². The zero-order chi connectivity index (χ0) is 30.3. The standard InChI is InChI=1S/C35H40N6O2S/c1-34(2,3)44(42)39-32-27-14-8-7-13-26(27)23-35(32)18-20-40(21-19-35)29-24-36-31-28(17-16-25-11-5-4-6-12-25)38-41(33(31)37-29)30-15-9-10-22-43-30/h4-8,11-14,24,30,32,39H,9-10,15,18-23H2,1-3H3/t30-,32-,44-/m1/s1. The summed E-state index contributed by atoms with van der Waals surface area (Å²) in [7, 11) is 0. The van der Waals surface area contributed by atoms with Crippen LogP contribution in [0.5, 0.6) is 0 Å². The summed E-state index contributed by atoms with van der Waals surface area (Å²) >= 11 is -1.16. The number of piperidine rings is 1. The summed E-state index contributed by atoms with van der Waals surface area (Å²) in [6, 6.07) is 18.7. The van der Waals surface area contributed by atoms with Crippen molar-refractivity contribution in [1.82, 2.24) is 24.5 Å². The topological polar surface area (TPSA) is 91.2 Å². The Kier molecular flexibility index (Phi) is 7.87. The quantitative estimate of drug-likeness (QED) is 0.229. The van der Waals surface area contributed by atoms with Crippen molar-refractivity contribution >= 4 is 28.3 Å². The zero-order valence-corrected chi connectivity index (χ0v) is 26.6. The lowest BCUT2D eigenvalue weighted by atomic mass is 9.73. The van der Waals surface area contributed by atoms with Crippen molar-refractivity contribution in [2.75, 3.05) is 24.6 Å². The van der Waals surface area contributed by atoms with E-state index in [2.05, 4.69) is 45.7 Å². The number of hydrogen-bond donors (Lipinski definition) is 1. The Balaban J connectivity index is 1.17. The summed E-state index contributed by atoms with van der Waals surface area (Å²) in [5.74, 6) is 7.34. The molecule has 2 aromatic heterocycles. The molecule has 2 aromatic carbocycles. The second-order valence-corrected chi connectivity index (χ2v) is 15.3. The van der Waals surface area contributed by atoms with Crippen molar-refractivity contribution in [3.05, 3.63) is 83.2 Å². The molecule has 2 aliphatic heterocycles. The molecular weight excluding hydrogens is 568 g/mol. The first-order valence-electron chi connectivity index (χ1n) is 15.8. The van der Waals surface area contributed by atoms with Gasteiger partial charge in [0, 0.05) is 42.0 Å². The molecular formula is C35H40N6O2S. The number of nitrogens with zero attached hydrogens (tertiary/aromatic N) is 5. The predicted octanol–water partition coefficient (Wildman–Crippen LogP) is 5.86. The SMILES string of the molecule is CC(C)(C)[S@@+]([O-])N[C@@H]1c2ccccc2CC12CCN(c1cnc3c(C#Cc4ccccc4)nn([C@H]4CCCCO4)c3n1)CC2. The van der Waals surface area contributed by atoms with E-state index in [1.165, 1.54) is 11.1 Å². The third kappa shape index (κ3) is 5.61. The zero-order valence-electron chi connectivity index (χ0n) is 25.8.